The van der Waals surface area contributed by atoms with Crippen molar-refractivity contribution in [1.82, 2.24) is 4.98 Å². The molecule has 2 aromatic rings. The molecule has 2 heteroatoms. The molecule has 1 atom stereocenters. The molecule has 0 spiro atoms. The average Bonchev–Trinajstić information content (AvgIpc) is 2.93. The number of anilines is 1. The Morgan fingerprint density at radius 2 is 2.06 bits per heavy atom. The topological polar surface area (TPSA) is 24.9 Å². The summed E-state index contributed by atoms with van der Waals surface area (Å²) in [6, 6.07) is 9.04. The highest BCUT2D eigenvalue weighted by Gasteiger charge is 2.21. The molecule has 0 aliphatic heterocycles. The van der Waals surface area contributed by atoms with E-state index < -0.39 is 0 Å². The Morgan fingerprint density at radius 3 is 2.89 bits per heavy atom. The zero-order valence-electron chi connectivity index (χ0n) is 10.9. The highest BCUT2D eigenvalue weighted by Crippen LogP contribution is 2.30. The number of nitrogens with one attached hydrogen (secondary N) is 1. The van der Waals surface area contributed by atoms with Gasteiger partial charge in [0.2, 0.25) is 0 Å². The minimum atomic E-state index is 0.554. The number of fused-ring (bicyclic) bond motifs is 1. The highest BCUT2D eigenvalue weighted by atomic mass is 14.9. The predicted molar refractivity (Wildman–Crippen MR) is 76.8 cm³/mol. The monoisotopic (exact) mass is 240 g/mol. The van der Waals surface area contributed by atoms with Crippen LogP contribution in [-0.4, -0.2) is 11.0 Å². The van der Waals surface area contributed by atoms with Gasteiger partial charge in [-0.15, -0.1) is 0 Å². The van der Waals surface area contributed by atoms with Gasteiger partial charge in [0.15, 0.2) is 0 Å². The summed E-state index contributed by atoms with van der Waals surface area (Å²) >= 11 is 0. The van der Waals surface area contributed by atoms with Gasteiger partial charge in [0.25, 0.3) is 0 Å². The molecule has 2 nitrogen and oxygen atoms in total. The third-order valence-electron chi connectivity index (χ3n) is 4.17. The second-order valence-corrected chi connectivity index (χ2v) is 5.38. The van der Waals surface area contributed by atoms with Crippen LogP contribution in [0.25, 0.3) is 10.8 Å². The van der Waals surface area contributed by atoms with Crippen LogP contribution in [0.5, 0.6) is 0 Å². The first kappa shape index (κ1) is 11.5. The van der Waals surface area contributed by atoms with Crippen LogP contribution in [0.15, 0.2) is 36.7 Å². The Morgan fingerprint density at radius 1 is 1.22 bits per heavy atom. The van der Waals surface area contributed by atoms with E-state index in [1.165, 1.54) is 42.1 Å². The first-order chi connectivity index (χ1) is 8.84. The van der Waals surface area contributed by atoms with E-state index in [0.717, 1.165) is 5.92 Å². The van der Waals surface area contributed by atoms with Crippen molar-refractivity contribution >= 4 is 16.5 Å². The lowest BCUT2D eigenvalue weighted by Gasteiger charge is -2.22. The molecule has 0 amide bonds. The fourth-order valence-electron chi connectivity index (χ4n) is 3.06. The van der Waals surface area contributed by atoms with E-state index in [-0.39, 0.29) is 0 Å². The van der Waals surface area contributed by atoms with E-state index in [1.807, 2.05) is 12.4 Å². The molecule has 1 aromatic carbocycles. The van der Waals surface area contributed by atoms with Crippen LogP contribution >= 0.6 is 0 Å². The summed E-state index contributed by atoms with van der Waals surface area (Å²) in [6.45, 7) is 2.31. The van der Waals surface area contributed by atoms with Gasteiger partial charge in [0.05, 0.1) is 0 Å². The van der Waals surface area contributed by atoms with Crippen molar-refractivity contribution < 1.29 is 0 Å². The molecule has 18 heavy (non-hydrogen) atoms. The molecule has 1 N–H and O–H groups in total. The van der Waals surface area contributed by atoms with Crippen LogP contribution in [0.1, 0.15) is 32.6 Å². The first-order valence-electron chi connectivity index (χ1n) is 6.94. The number of benzene rings is 1. The molecule has 1 aromatic heterocycles. The number of pyridine rings is 1. The van der Waals surface area contributed by atoms with Crippen molar-refractivity contribution in [2.24, 2.45) is 5.92 Å². The number of nitrogens with zero attached hydrogens (tertiary/aromatic N) is 1. The van der Waals surface area contributed by atoms with Crippen LogP contribution in [-0.2, 0) is 0 Å². The van der Waals surface area contributed by atoms with Gasteiger partial charge >= 0.3 is 0 Å². The van der Waals surface area contributed by atoms with Crippen molar-refractivity contribution in [2.75, 3.05) is 5.32 Å². The van der Waals surface area contributed by atoms with E-state index in [2.05, 4.69) is 41.5 Å². The van der Waals surface area contributed by atoms with Crippen LogP contribution in [0.2, 0.25) is 0 Å². The summed E-state index contributed by atoms with van der Waals surface area (Å²) in [5.74, 6) is 0.830. The van der Waals surface area contributed by atoms with E-state index >= 15 is 0 Å². The third kappa shape index (κ3) is 2.20. The van der Waals surface area contributed by atoms with Crippen molar-refractivity contribution in [3.05, 3.63) is 36.7 Å². The first-order valence-corrected chi connectivity index (χ1v) is 6.94. The fourth-order valence-corrected chi connectivity index (χ4v) is 3.06. The van der Waals surface area contributed by atoms with Crippen LogP contribution in [0.4, 0.5) is 5.69 Å². The lowest BCUT2D eigenvalue weighted by atomic mass is 9.99. The van der Waals surface area contributed by atoms with Gasteiger partial charge in [0, 0.05) is 29.5 Å². The quantitative estimate of drug-likeness (QED) is 0.868. The van der Waals surface area contributed by atoms with Crippen molar-refractivity contribution in [3.63, 3.8) is 0 Å². The normalized spacial score (nSPS) is 18.1. The molecule has 1 heterocycles. The SMILES string of the molecule is CC(Nc1cccc2ccncc12)C1CCCC1. The molecular formula is C16H20N2. The zero-order chi connectivity index (χ0) is 12.4. The minimum absolute atomic E-state index is 0.554. The lowest BCUT2D eigenvalue weighted by Crippen LogP contribution is -2.23. The molecule has 1 saturated carbocycles. The second kappa shape index (κ2) is 4.97. The van der Waals surface area contributed by atoms with Gasteiger partial charge in [-0.1, -0.05) is 25.0 Å². The van der Waals surface area contributed by atoms with Crippen molar-refractivity contribution in [1.29, 1.82) is 0 Å². The van der Waals surface area contributed by atoms with Crippen LogP contribution in [0.3, 0.4) is 0 Å². The molecule has 0 saturated heterocycles. The summed E-state index contributed by atoms with van der Waals surface area (Å²) < 4.78 is 0. The van der Waals surface area contributed by atoms with Gasteiger partial charge in [-0.25, -0.2) is 0 Å². The summed E-state index contributed by atoms with van der Waals surface area (Å²) in [5.41, 5.74) is 1.22. The summed E-state index contributed by atoms with van der Waals surface area (Å²) in [6.07, 6.45) is 9.35. The highest BCUT2D eigenvalue weighted by molar-refractivity contribution is 5.93. The van der Waals surface area contributed by atoms with Gasteiger partial charge in [0.1, 0.15) is 0 Å². The maximum absolute atomic E-state index is 4.24. The number of rotatable bonds is 3. The summed E-state index contributed by atoms with van der Waals surface area (Å²) in [4.78, 5) is 4.24. The second-order valence-electron chi connectivity index (χ2n) is 5.38. The van der Waals surface area contributed by atoms with Crippen molar-refractivity contribution in [3.8, 4) is 0 Å². The Bertz CT molecular complexity index is 524. The van der Waals surface area contributed by atoms with E-state index in [9.17, 15) is 0 Å². The predicted octanol–water partition coefficient (Wildman–Crippen LogP) is 4.23. The fraction of sp³-hybridized carbons (Fsp3) is 0.438. The van der Waals surface area contributed by atoms with Gasteiger partial charge in [-0.2, -0.15) is 0 Å². The molecule has 1 fully saturated rings. The van der Waals surface area contributed by atoms with Gasteiger partial charge in [-0.3, -0.25) is 4.98 Å². The van der Waals surface area contributed by atoms with Crippen molar-refractivity contribution in [2.45, 2.75) is 38.6 Å². The minimum Gasteiger partial charge on any atom is -0.382 e. The van der Waals surface area contributed by atoms with E-state index in [4.69, 9.17) is 0 Å². The molecule has 3 rings (SSSR count). The average molecular weight is 240 g/mol. The Kier molecular flexibility index (Phi) is 3.18. The maximum atomic E-state index is 4.24. The van der Waals surface area contributed by atoms with Gasteiger partial charge in [-0.05, 0) is 43.2 Å². The molecule has 0 bridgehead atoms. The summed E-state index contributed by atoms with van der Waals surface area (Å²) in [7, 11) is 0. The molecule has 1 aliphatic carbocycles. The van der Waals surface area contributed by atoms with Crippen LogP contribution < -0.4 is 5.32 Å². The Balaban J connectivity index is 1.85. The molecular weight excluding hydrogens is 220 g/mol. The zero-order valence-corrected chi connectivity index (χ0v) is 10.9. The smallest absolute Gasteiger partial charge is 0.0437 e. The Labute approximate surface area is 108 Å². The third-order valence-corrected chi connectivity index (χ3v) is 4.17. The van der Waals surface area contributed by atoms with Gasteiger partial charge < -0.3 is 5.32 Å². The largest absolute Gasteiger partial charge is 0.382 e. The number of hydrogen-bond acceptors (Lipinski definition) is 2. The molecule has 94 valence electrons. The Hall–Kier alpha value is -1.57. The number of hydrogen-bond donors (Lipinski definition) is 1. The van der Waals surface area contributed by atoms with E-state index in [1.54, 1.807) is 0 Å². The molecule has 1 unspecified atom stereocenters. The standard InChI is InChI=1S/C16H20N2/c1-12(13-5-2-3-6-13)18-16-8-4-7-14-9-10-17-11-15(14)16/h4,7-13,18H,2-3,5-6H2,1H3. The van der Waals surface area contributed by atoms with E-state index in [0.29, 0.717) is 6.04 Å². The molecule has 0 radical (unpaired) electrons. The molecule has 1 aliphatic rings. The summed E-state index contributed by atoms with van der Waals surface area (Å²) in [5, 5.41) is 6.17. The number of aromatic nitrogens is 1. The lowest BCUT2D eigenvalue weighted by molar-refractivity contribution is 0.482. The van der Waals surface area contributed by atoms with Crippen LogP contribution in [0, 0.1) is 5.92 Å². The maximum Gasteiger partial charge on any atom is 0.0437 e.